The summed E-state index contributed by atoms with van der Waals surface area (Å²) in [7, 11) is 0. The number of carboxylic acid groups (broad SMARTS) is 1. The highest BCUT2D eigenvalue weighted by atomic mass is 16.4. The molecule has 0 aromatic heterocycles. The largest absolute Gasteiger partial charge is 0.481 e. The molecule has 0 aliphatic carbocycles. The summed E-state index contributed by atoms with van der Waals surface area (Å²) in [6, 6.07) is 7.32. The minimum Gasteiger partial charge on any atom is -0.481 e. The molecule has 0 saturated carbocycles. The van der Waals surface area contributed by atoms with E-state index >= 15 is 0 Å². The van der Waals surface area contributed by atoms with E-state index in [1.165, 1.54) is 0 Å². The zero-order valence-electron chi connectivity index (χ0n) is 11.3. The van der Waals surface area contributed by atoms with Crippen LogP contribution in [0.2, 0.25) is 0 Å². The average Bonchev–Trinajstić information content (AvgIpc) is 2.34. The normalized spacial score (nSPS) is 10.9. The summed E-state index contributed by atoms with van der Waals surface area (Å²) in [5.74, 6) is -1.24. The van der Waals surface area contributed by atoms with Gasteiger partial charge in [-0.25, -0.2) is 0 Å². The number of rotatable bonds is 7. The van der Waals surface area contributed by atoms with Crippen LogP contribution in [0.3, 0.4) is 0 Å². The SMILES string of the molecule is CC(C)N(CCC(=O)O)Cc1ccc(C(N)=O)cc1. The first-order chi connectivity index (χ1) is 8.90. The lowest BCUT2D eigenvalue weighted by Crippen LogP contribution is -2.32. The van der Waals surface area contributed by atoms with Gasteiger partial charge in [0.1, 0.15) is 0 Å². The summed E-state index contributed by atoms with van der Waals surface area (Å²) in [5, 5.41) is 8.73. The first-order valence-electron chi connectivity index (χ1n) is 6.24. The number of nitrogens with two attached hydrogens (primary N) is 1. The third kappa shape index (κ3) is 5.09. The Kier molecular flexibility index (Phi) is 5.51. The molecule has 0 bridgehead atoms. The van der Waals surface area contributed by atoms with Gasteiger partial charge in [-0.3, -0.25) is 14.5 Å². The van der Waals surface area contributed by atoms with Gasteiger partial charge in [0.25, 0.3) is 0 Å². The Labute approximate surface area is 113 Å². The van der Waals surface area contributed by atoms with Crippen molar-refractivity contribution in [2.75, 3.05) is 6.54 Å². The molecule has 3 N–H and O–H groups in total. The molecule has 0 aliphatic heterocycles. The molecular formula is C14H20N2O3. The van der Waals surface area contributed by atoms with Crippen LogP contribution in [0, 0.1) is 0 Å². The van der Waals surface area contributed by atoms with Crippen LogP contribution in [-0.4, -0.2) is 34.5 Å². The topological polar surface area (TPSA) is 83.6 Å². The number of carbonyl (C=O) groups excluding carboxylic acids is 1. The number of nitrogens with zero attached hydrogens (tertiary/aromatic N) is 1. The van der Waals surface area contributed by atoms with Gasteiger partial charge in [0, 0.05) is 24.7 Å². The summed E-state index contributed by atoms with van der Waals surface area (Å²) in [5.41, 5.74) is 6.69. The van der Waals surface area contributed by atoms with Gasteiger partial charge in [0.2, 0.25) is 5.91 Å². The van der Waals surface area contributed by atoms with Crippen LogP contribution in [-0.2, 0) is 11.3 Å². The van der Waals surface area contributed by atoms with E-state index in [4.69, 9.17) is 10.8 Å². The maximum atomic E-state index is 11.0. The Morgan fingerprint density at radius 2 is 1.84 bits per heavy atom. The van der Waals surface area contributed by atoms with E-state index in [1.54, 1.807) is 12.1 Å². The van der Waals surface area contributed by atoms with Gasteiger partial charge in [-0.05, 0) is 31.5 Å². The van der Waals surface area contributed by atoms with Gasteiger partial charge in [-0.15, -0.1) is 0 Å². The summed E-state index contributed by atoms with van der Waals surface area (Å²) >= 11 is 0. The number of carbonyl (C=O) groups is 2. The van der Waals surface area contributed by atoms with Crippen molar-refractivity contribution in [1.29, 1.82) is 0 Å². The maximum Gasteiger partial charge on any atom is 0.304 e. The minimum atomic E-state index is -0.797. The maximum absolute atomic E-state index is 11.0. The molecule has 0 radical (unpaired) electrons. The predicted molar refractivity (Wildman–Crippen MR) is 72.8 cm³/mol. The van der Waals surface area contributed by atoms with Gasteiger partial charge in [0.15, 0.2) is 0 Å². The number of amides is 1. The number of hydrogen-bond acceptors (Lipinski definition) is 3. The molecule has 0 atom stereocenters. The number of hydrogen-bond donors (Lipinski definition) is 2. The Balaban J connectivity index is 2.68. The van der Waals surface area contributed by atoms with Crippen molar-refractivity contribution in [3.63, 3.8) is 0 Å². The first-order valence-corrected chi connectivity index (χ1v) is 6.24. The molecule has 5 nitrogen and oxygen atoms in total. The third-order valence-electron chi connectivity index (χ3n) is 2.97. The summed E-state index contributed by atoms with van der Waals surface area (Å²) in [6.07, 6.45) is 0.123. The van der Waals surface area contributed by atoms with Crippen molar-refractivity contribution < 1.29 is 14.7 Å². The molecule has 1 rings (SSSR count). The second-order valence-corrected chi connectivity index (χ2v) is 4.77. The lowest BCUT2D eigenvalue weighted by molar-refractivity contribution is -0.137. The van der Waals surface area contributed by atoms with Crippen LogP contribution in [0.1, 0.15) is 36.2 Å². The van der Waals surface area contributed by atoms with Crippen LogP contribution in [0.25, 0.3) is 0 Å². The minimum absolute atomic E-state index is 0.123. The van der Waals surface area contributed by atoms with E-state index < -0.39 is 11.9 Å². The fourth-order valence-corrected chi connectivity index (χ4v) is 1.77. The number of aliphatic carboxylic acids is 1. The van der Waals surface area contributed by atoms with Crippen molar-refractivity contribution in [1.82, 2.24) is 4.90 Å². The van der Waals surface area contributed by atoms with E-state index in [2.05, 4.69) is 4.90 Å². The standard InChI is InChI=1S/C14H20N2O3/c1-10(2)16(8-7-13(17)18)9-11-3-5-12(6-4-11)14(15)19/h3-6,10H,7-9H2,1-2H3,(H2,15,19)(H,17,18). The Bertz CT molecular complexity index is 441. The van der Waals surface area contributed by atoms with Gasteiger partial charge in [0.05, 0.1) is 6.42 Å². The smallest absolute Gasteiger partial charge is 0.304 e. The molecule has 0 fully saturated rings. The Hall–Kier alpha value is -1.88. The molecule has 0 aliphatic rings. The first kappa shape index (κ1) is 15.2. The molecule has 1 aromatic carbocycles. The number of benzene rings is 1. The molecule has 104 valence electrons. The van der Waals surface area contributed by atoms with Crippen LogP contribution in [0.15, 0.2) is 24.3 Å². The van der Waals surface area contributed by atoms with E-state index in [0.29, 0.717) is 18.7 Å². The highest BCUT2D eigenvalue weighted by molar-refractivity contribution is 5.92. The predicted octanol–water partition coefficient (Wildman–Crippen LogP) is 1.47. The summed E-state index contributed by atoms with van der Waals surface area (Å²) < 4.78 is 0. The molecule has 1 aromatic rings. The molecule has 0 heterocycles. The van der Waals surface area contributed by atoms with Crippen LogP contribution in [0.5, 0.6) is 0 Å². The lowest BCUT2D eigenvalue weighted by atomic mass is 10.1. The zero-order valence-corrected chi connectivity index (χ0v) is 11.3. The van der Waals surface area contributed by atoms with E-state index in [-0.39, 0.29) is 12.5 Å². The Morgan fingerprint density at radius 1 is 1.26 bits per heavy atom. The monoisotopic (exact) mass is 264 g/mol. The van der Waals surface area contributed by atoms with Crippen molar-refractivity contribution in [3.05, 3.63) is 35.4 Å². The highest BCUT2D eigenvalue weighted by Crippen LogP contribution is 2.10. The molecule has 0 spiro atoms. The lowest BCUT2D eigenvalue weighted by Gasteiger charge is -2.25. The number of primary amides is 1. The van der Waals surface area contributed by atoms with Crippen molar-refractivity contribution in [2.24, 2.45) is 5.73 Å². The number of carboxylic acids is 1. The zero-order chi connectivity index (χ0) is 14.4. The van der Waals surface area contributed by atoms with Crippen LogP contribution in [0.4, 0.5) is 0 Å². The molecular weight excluding hydrogens is 244 g/mol. The second kappa shape index (κ2) is 6.89. The fourth-order valence-electron chi connectivity index (χ4n) is 1.77. The van der Waals surface area contributed by atoms with Gasteiger partial charge in [-0.1, -0.05) is 12.1 Å². The summed E-state index contributed by atoms with van der Waals surface area (Å²) in [6.45, 7) is 5.22. The van der Waals surface area contributed by atoms with E-state index in [0.717, 1.165) is 5.56 Å². The fraction of sp³-hybridized carbons (Fsp3) is 0.429. The van der Waals surface area contributed by atoms with Gasteiger partial charge < -0.3 is 10.8 Å². The molecule has 5 heteroatoms. The quantitative estimate of drug-likeness (QED) is 0.781. The Morgan fingerprint density at radius 3 is 2.26 bits per heavy atom. The van der Waals surface area contributed by atoms with E-state index in [1.807, 2.05) is 26.0 Å². The van der Waals surface area contributed by atoms with Crippen molar-refractivity contribution in [3.8, 4) is 0 Å². The van der Waals surface area contributed by atoms with Gasteiger partial charge >= 0.3 is 5.97 Å². The molecule has 0 saturated heterocycles. The average molecular weight is 264 g/mol. The van der Waals surface area contributed by atoms with Crippen LogP contribution < -0.4 is 5.73 Å². The molecule has 1 amide bonds. The van der Waals surface area contributed by atoms with Crippen LogP contribution >= 0.6 is 0 Å². The molecule has 0 unspecified atom stereocenters. The van der Waals surface area contributed by atoms with Gasteiger partial charge in [-0.2, -0.15) is 0 Å². The molecule has 19 heavy (non-hydrogen) atoms. The third-order valence-corrected chi connectivity index (χ3v) is 2.97. The van der Waals surface area contributed by atoms with Crippen molar-refractivity contribution in [2.45, 2.75) is 32.9 Å². The van der Waals surface area contributed by atoms with Crippen molar-refractivity contribution >= 4 is 11.9 Å². The van der Waals surface area contributed by atoms with E-state index in [9.17, 15) is 9.59 Å². The highest BCUT2D eigenvalue weighted by Gasteiger charge is 2.12. The second-order valence-electron chi connectivity index (χ2n) is 4.77. The summed E-state index contributed by atoms with van der Waals surface area (Å²) in [4.78, 5) is 23.7.